The third kappa shape index (κ3) is 5.43. The van der Waals surface area contributed by atoms with E-state index in [2.05, 4.69) is 10.6 Å². The first-order valence-corrected chi connectivity index (χ1v) is 6.90. The van der Waals surface area contributed by atoms with Crippen molar-refractivity contribution in [2.75, 3.05) is 10.6 Å². The molecule has 4 heteroatoms. The molecule has 2 amide bonds. The molecular weight excluding hydrogens is 252 g/mol. The molecule has 1 rings (SSSR count). The number of rotatable bonds is 4. The van der Waals surface area contributed by atoms with Crippen LogP contribution in [0.4, 0.5) is 11.4 Å². The van der Waals surface area contributed by atoms with Crippen LogP contribution in [0.2, 0.25) is 0 Å². The van der Waals surface area contributed by atoms with Crippen LogP contribution in [0.25, 0.3) is 0 Å². The van der Waals surface area contributed by atoms with Crippen molar-refractivity contribution in [3.63, 3.8) is 0 Å². The Labute approximate surface area is 121 Å². The second-order valence-electron chi connectivity index (χ2n) is 6.43. The molecule has 0 atom stereocenters. The van der Waals surface area contributed by atoms with Gasteiger partial charge in [0.2, 0.25) is 11.8 Å². The predicted octanol–water partition coefficient (Wildman–Crippen LogP) is 3.66. The van der Waals surface area contributed by atoms with Crippen LogP contribution in [-0.2, 0) is 9.59 Å². The number of carbonyl (C=O) groups is 2. The van der Waals surface area contributed by atoms with Crippen molar-refractivity contribution >= 4 is 23.2 Å². The van der Waals surface area contributed by atoms with Crippen molar-refractivity contribution in [3.8, 4) is 0 Å². The fraction of sp³-hybridized carbons (Fsp3) is 0.500. The number of nitrogens with one attached hydrogen (secondary N) is 2. The molecule has 1 aromatic carbocycles. The summed E-state index contributed by atoms with van der Waals surface area (Å²) in [6.45, 7) is 9.57. The fourth-order valence-corrected chi connectivity index (χ4v) is 1.58. The van der Waals surface area contributed by atoms with E-state index < -0.39 is 5.41 Å². The van der Waals surface area contributed by atoms with Crippen LogP contribution in [0.5, 0.6) is 0 Å². The first-order valence-electron chi connectivity index (χ1n) is 6.90. The highest BCUT2D eigenvalue weighted by molar-refractivity contribution is 5.96. The number of anilines is 2. The van der Waals surface area contributed by atoms with Crippen molar-refractivity contribution in [2.45, 2.75) is 41.0 Å². The Bertz CT molecular complexity index is 487. The van der Waals surface area contributed by atoms with Crippen molar-refractivity contribution in [1.29, 1.82) is 0 Å². The highest BCUT2D eigenvalue weighted by Gasteiger charge is 2.21. The Morgan fingerprint density at radius 3 is 2.15 bits per heavy atom. The largest absolute Gasteiger partial charge is 0.326 e. The summed E-state index contributed by atoms with van der Waals surface area (Å²) in [7, 11) is 0. The van der Waals surface area contributed by atoms with E-state index in [9.17, 15) is 9.59 Å². The van der Waals surface area contributed by atoms with Gasteiger partial charge in [-0.05, 0) is 24.1 Å². The Morgan fingerprint density at radius 2 is 1.65 bits per heavy atom. The topological polar surface area (TPSA) is 58.2 Å². The molecule has 0 saturated carbocycles. The molecule has 0 aliphatic rings. The Hall–Kier alpha value is -1.84. The van der Waals surface area contributed by atoms with Gasteiger partial charge in [-0.1, -0.05) is 40.7 Å². The summed E-state index contributed by atoms with van der Waals surface area (Å²) < 4.78 is 0. The molecule has 110 valence electrons. The zero-order valence-electron chi connectivity index (χ0n) is 12.9. The normalized spacial score (nSPS) is 11.3. The molecule has 0 aliphatic heterocycles. The first-order chi connectivity index (χ1) is 9.18. The average molecular weight is 276 g/mol. The van der Waals surface area contributed by atoms with Crippen LogP contribution < -0.4 is 10.6 Å². The average Bonchev–Trinajstić information content (AvgIpc) is 2.26. The van der Waals surface area contributed by atoms with Gasteiger partial charge in [0.1, 0.15) is 0 Å². The summed E-state index contributed by atoms with van der Waals surface area (Å²) in [5.41, 5.74) is 0.936. The van der Waals surface area contributed by atoms with Gasteiger partial charge in [0, 0.05) is 23.2 Å². The molecular formula is C16H24N2O2. The first kappa shape index (κ1) is 16.2. The minimum absolute atomic E-state index is 0.0145. The van der Waals surface area contributed by atoms with Crippen LogP contribution >= 0.6 is 0 Å². The van der Waals surface area contributed by atoms with Gasteiger partial charge in [-0.3, -0.25) is 9.59 Å². The van der Waals surface area contributed by atoms with E-state index in [1.54, 1.807) is 6.07 Å². The fourth-order valence-electron chi connectivity index (χ4n) is 1.58. The molecule has 0 aromatic heterocycles. The second kappa shape index (κ2) is 6.55. The number of hydrogen-bond acceptors (Lipinski definition) is 2. The molecule has 1 aromatic rings. The molecule has 0 heterocycles. The maximum atomic E-state index is 11.9. The Morgan fingerprint density at radius 1 is 1.10 bits per heavy atom. The zero-order valence-corrected chi connectivity index (χ0v) is 12.9. The Kier molecular flexibility index (Phi) is 5.31. The molecule has 0 saturated heterocycles. The molecule has 0 spiro atoms. The summed E-state index contributed by atoms with van der Waals surface area (Å²) in [4.78, 5) is 23.6. The lowest BCUT2D eigenvalue weighted by molar-refractivity contribution is -0.123. The molecule has 0 fully saturated rings. The Balaban J connectivity index is 2.71. The molecule has 4 nitrogen and oxygen atoms in total. The van der Waals surface area contributed by atoms with Gasteiger partial charge in [-0.2, -0.15) is 0 Å². The van der Waals surface area contributed by atoms with Crippen LogP contribution in [0.3, 0.4) is 0 Å². The molecule has 0 bridgehead atoms. The van der Waals surface area contributed by atoms with E-state index in [1.165, 1.54) is 0 Å². The van der Waals surface area contributed by atoms with Crippen molar-refractivity contribution in [3.05, 3.63) is 24.3 Å². The maximum Gasteiger partial charge on any atom is 0.229 e. The van der Waals surface area contributed by atoms with Gasteiger partial charge >= 0.3 is 0 Å². The van der Waals surface area contributed by atoms with Crippen molar-refractivity contribution in [1.82, 2.24) is 0 Å². The van der Waals surface area contributed by atoms with Crippen LogP contribution in [0.15, 0.2) is 24.3 Å². The van der Waals surface area contributed by atoms with E-state index in [1.807, 2.05) is 52.8 Å². The van der Waals surface area contributed by atoms with Gasteiger partial charge in [-0.25, -0.2) is 0 Å². The van der Waals surface area contributed by atoms with E-state index in [-0.39, 0.29) is 11.8 Å². The van der Waals surface area contributed by atoms with E-state index in [4.69, 9.17) is 0 Å². The van der Waals surface area contributed by atoms with E-state index >= 15 is 0 Å². The highest BCUT2D eigenvalue weighted by atomic mass is 16.2. The molecule has 0 unspecified atom stereocenters. The number of carbonyl (C=O) groups excluding carboxylic acids is 2. The molecule has 2 N–H and O–H groups in total. The molecule has 0 radical (unpaired) electrons. The van der Waals surface area contributed by atoms with Gasteiger partial charge in [0.05, 0.1) is 0 Å². The third-order valence-corrected chi connectivity index (χ3v) is 2.68. The van der Waals surface area contributed by atoms with Gasteiger partial charge in [0.15, 0.2) is 0 Å². The minimum Gasteiger partial charge on any atom is -0.326 e. The number of amides is 2. The predicted molar refractivity (Wildman–Crippen MR) is 82.6 cm³/mol. The third-order valence-electron chi connectivity index (χ3n) is 2.68. The monoisotopic (exact) mass is 276 g/mol. The number of benzene rings is 1. The van der Waals surface area contributed by atoms with Gasteiger partial charge in [0.25, 0.3) is 0 Å². The quantitative estimate of drug-likeness (QED) is 0.881. The van der Waals surface area contributed by atoms with Crippen molar-refractivity contribution in [2.24, 2.45) is 11.3 Å². The van der Waals surface area contributed by atoms with E-state index in [0.29, 0.717) is 23.7 Å². The van der Waals surface area contributed by atoms with Crippen LogP contribution in [0, 0.1) is 11.3 Å². The number of hydrogen-bond donors (Lipinski definition) is 2. The summed E-state index contributed by atoms with van der Waals surface area (Å²) in [6, 6.07) is 7.19. The minimum atomic E-state index is -0.448. The second-order valence-corrected chi connectivity index (χ2v) is 6.43. The molecule has 20 heavy (non-hydrogen) atoms. The standard InChI is InChI=1S/C16H24N2O2/c1-11(2)9-14(19)17-12-7-6-8-13(10-12)18-15(20)16(3,4)5/h6-8,10-11H,9H2,1-5H3,(H,17,19)(H,18,20). The lowest BCUT2D eigenvalue weighted by Gasteiger charge is -2.18. The van der Waals surface area contributed by atoms with Crippen LogP contribution in [-0.4, -0.2) is 11.8 Å². The highest BCUT2D eigenvalue weighted by Crippen LogP contribution is 2.20. The lowest BCUT2D eigenvalue weighted by Crippen LogP contribution is -2.27. The van der Waals surface area contributed by atoms with Gasteiger partial charge in [-0.15, -0.1) is 0 Å². The summed E-state index contributed by atoms with van der Waals surface area (Å²) in [5, 5.41) is 5.68. The van der Waals surface area contributed by atoms with Crippen LogP contribution in [0.1, 0.15) is 41.0 Å². The van der Waals surface area contributed by atoms with Gasteiger partial charge < -0.3 is 10.6 Å². The molecule has 0 aliphatic carbocycles. The summed E-state index contributed by atoms with van der Waals surface area (Å²) in [6.07, 6.45) is 0.485. The summed E-state index contributed by atoms with van der Waals surface area (Å²) in [5.74, 6) is 0.251. The smallest absolute Gasteiger partial charge is 0.229 e. The lowest BCUT2D eigenvalue weighted by atomic mass is 9.95. The van der Waals surface area contributed by atoms with Crippen molar-refractivity contribution < 1.29 is 9.59 Å². The SMILES string of the molecule is CC(C)CC(=O)Nc1cccc(NC(=O)C(C)(C)C)c1. The van der Waals surface area contributed by atoms with E-state index in [0.717, 1.165) is 0 Å². The maximum absolute atomic E-state index is 11.9. The zero-order chi connectivity index (χ0) is 15.3. The summed E-state index contributed by atoms with van der Waals surface area (Å²) >= 11 is 0.